The maximum absolute atomic E-state index is 14.4. The molecule has 0 aliphatic carbocycles. The lowest BCUT2D eigenvalue weighted by molar-refractivity contribution is 0.0215. The van der Waals surface area contributed by atoms with Gasteiger partial charge in [-0.3, -0.25) is 0 Å². The van der Waals surface area contributed by atoms with E-state index < -0.39 is 29.5 Å². The number of carbonyl (C=O) groups is 4. The smallest absolute Gasteiger partial charge is 0.537 e. The molecular weight excluding hydrogens is 1490 g/mol. The van der Waals surface area contributed by atoms with Crippen LogP contribution in [0.3, 0.4) is 0 Å². The van der Waals surface area contributed by atoms with Gasteiger partial charge in [0.1, 0.15) is 45.7 Å². The van der Waals surface area contributed by atoms with Crippen LogP contribution in [0, 0.1) is 23.3 Å². The monoisotopic (exact) mass is 1590 g/mol. The van der Waals surface area contributed by atoms with Gasteiger partial charge in [-0.25, -0.2) is 36.7 Å². The first-order valence-electron chi connectivity index (χ1n) is 37.9. The molecule has 4 aliphatic heterocycles. The molecule has 7 N–H and O–H groups in total. The molecule has 4 fully saturated rings. The maximum atomic E-state index is 14.4. The number of H-pyrrole nitrogens is 4. The number of carbonyl (C=O) groups excluding carboxylic acids is 4. The van der Waals surface area contributed by atoms with Gasteiger partial charge in [-0.1, -0.05) is 36.4 Å². The summed E-state index contributed by atoms with van der Waals surface area (Å²) in [6.45, 7) is 25.2. The average Bonchev–Trinajstić information content (AvgIpc) is 1.62. The zero-order chi connectivity index (χ0) is 80.0. The summed E-state index contributed by atoms with van der Waals surface area (Å²) in [4.78, 5) is 71.6. The predicted molar refractivity (Wildman–Crippen MR) is 429 cm³/mol. The quantitative estimate of drug-likeness (QED) is 0.0323. The molecule has 0 spiro atoms. The highest BCUT2D eigenvalue weighted by molar-refractivity contribution is 9.10. The lowest BCUT2D eigenvalue weighted by atomic mass is 9.80. The van der Waals surface area contributed by atoms with E-state index in [1.54, 1.807) is 24.3 Å². The molecule has 111 heavy (non-hydrogen) atoms. The molecule has 0 saturated carbocycles. The predicted octanol–water partition coefficient (Wildman–Crippen LogP) is 17.7. The van der Waals surface area contributed by atoms with Crippen molar-refractivity contribution in [3.8, 4) is 28.3 Å². The Kier molecular flexibility index (Phi) is 25.8. The Hall–Kier alpha value is -9.43. The van der Waals surface area contributed by atoms with E-state index >= 15 is 0 Å². The second kappa shape index (κ2) is 34.7. The summed E-state index contributed by atoms with van der Waals surface area (Å²) in [7, 11) is -0.915. The number of nitrogens with zero attached hydrogens (tertiary/aromatic N) is 4. The summed E-state index contributed by atoms with van der Waals surface area (Å²) in [5, 5.41) is 29.5. The lowest BCUT2D eigenvalue weighted by Crippen LogP contribution is -2.40. The molecule has 6 aromatic carbocycles. The van der Waals surface area contributed by atoms with Gasteiger partial charge in [-0.05, 0) is 300 Å². The van der Waals surface area contributed by atoms with E-state index in [2.05, 4.69) is 40.5 Å². The Balaban J connectivity index is 0.000000170. The van der Waals surface area contributed by atoms with Crippen LogP contribution in [-0.4, -0.2) is 167 Å². The summed E-state index contributed by atoms with van der Waals surface area (Å²) in [6, 6.07) is 33.4. The molecule has 14 rings (SSSR count). The van der Waals surface area contributed by atoms with E-state index in [1.165, 1.54) is 72.8 Å². The highest BCUT2D eigenvalue weighted by atomic mass is 79.9. The van der Waals surface area contributed by atoms with Crippen LogP contribution in [0.1, 0.15) is 157 Å². The Morgan fingerprint density at radius 2 is 0.775 bits per heavy atom. The number of ether oxygens (including phenoxy) is 4. The molecule has 0 bridgehead atoms. The van der Waals surface area contributed by atoms with Gasteiger partial charge in [0.05, 0.1) is 10.4 Å². The average molecular weight is 1590 g/mol. The molecular formula is C84H100B2BrF4N8O12. The number of hydrogen-bond acceptors (Lipinski definition) is 12. The number of hydrogen-bond donors (Lipinski definition) is 7. The minimum absolute atomic E-state index is 0.0536. The normalized spacial score (nSPS) is 17.3. The summed E-state index contributed by atoms with van der Waals surface area (Å²) >= 11 is 3.53. The minimum atomic E-state index is -1.47. The molecule has 1 radical (unpaired) electrons. The highest BCUT2D eigenvalue weighted by Crippen LogP contribution is 2.40. The number of aromatic amines is 4. The van der Waals surface area contributed by atoms with Crippen LogP contribution in [0.15, 0.2) is 132 Å². The van der Waals surface area contributed by atoms with E-state index in [9.17, 15) is 36.7 Å². The van der Waals surface area contributed by atoms with Crippen molar-refractivity contribution < 1.29 is 75.4 Å². The van der Waals surface area contributed by atoms with Crippen molar-refractivity contribution in [1.29, 1.82) is 0 Å². The molecule has 589 valence electrons. The summed E-state index contributed by atoms with van der Waals surface area (Å²) in [6.07, 6.45) is 10.8. The van der Waals surface area contributed by atoms with Crippen LogP contribution in [0.4, 0.5) is 36.7 Å². The van der Waals surface area contributed by atoms with E-state index in [0.717, 1.165) is 146 Å². The number of benzene rings is 6. The number of halogens is 5. The van der Waals surface area contributed by atoms with Crippen molar-refractivity contribution in [2.24, 2.45) is 0 Å². The van der Waals surface area contributed by atoms with Crippen LogP contribution in [0.2, 0.25) is 0 Å². The number of fused-ring (bicyclic) bond motifs is 4. The van der Waals surface area contributed by atoms with Crippen LogP contribution >= 0.6 is 15.9 Å². The minimum Gasteiger partial charge on any atom is -0.537 e. The first kappa shape index (κ1) is 82.5. The van der Waals surface area contributed by atoms with Gasteiger partial charge >= 0.3 is 39.2 Å². The van der Waals surface area contributed by atoms with Gasteiger partial charge in [0, 0.05) is 112 Å². The van der Waals surface area contributed by atoms with E-state index in [-0.39, 0.29) is 71.8 Å². The molecule has 0 unspecified atom stereocenters. The van der Waals surface area contributed by atoms with Crippen molar-refractivity contribution in [2.45, 2.75) is 207 Å². The molecule has 4 amide bonds. The number of nitrogens with one attached hydrogen (secondary N) is 4. The fourth-order valence-electron chi connectivity index (χ4n) is 15.1. The topological polar surface area (TPSA) is 251 Å². The Morgan fingerprint density at radius 1 is 0.450 bits per heavy atom. The number of likely N-dealkylation sites (tertiary alicyclic amines) is 4. The van der Waals surface area contributed by atoms with E-state index in [0.29, 0.717) is 68.8 Å². The number of amides is 4. The third-order valence-corrected chi connectivity index (χ3v) is 20.6. The zero-order valence-corrected chi connectivity index (χ0v) is 66.7. The van der Waals surface area contributed by atoms with Gasteiger partial charge in [-0.15, -0.1) is 0 Å². The SMILES string of the molecule is CC(C)(C)OC(=O)N1CCC[C@H]1Cc1c(-c2ccc(-c3[nH]c4cc(F)ccc4c3C[C@@H]3CCCN3C(=O)OC(C)(C)C)cc2)[nH]c2cc(F)ccc12.CC(C)(C)OC(=O)N1CCC[C@H]1Cc1c(Br)[nH]c2cc(F)ccc12.CC(C)(C)OC(=O)N1CCC[C@H]1Cc1c[nH]c2cc(F)ccc12.O[B]Oc1ccc(B(O)O)cc1. The Morgan fingerprint density at radius 3 is 1.13 bits per heavy atom. The van der Waals surface area contributed by atoms with Gasteiger partial charge < -0.3 is 78.2 Å². The van der Waals surface area contributed by atoms with E-state index in [1.807, 2.05) is 133 Å². The fraction of sp³-hybridized carbons (Fsp3) is 0.429. The Bertz CT molecular complexity index is 4780. The molecule has 10 aromatic rings. The summed E-state index contributed by atoms with van der Waals surface area (Å²) < 4.78 is 83.5. The lowest BCUT2D eigenvalue weighted by Gasteiger charge is -2.29. The van der Waals surface area contributed by atoms with Gasteiger partial charge in [0.15, 0.2) is 0 Å². The third-order valence-electron chi connectivity index (χ3n) is 19.9. The third kappa shape index (κ3) is 21.2. The van der Waals surface area contributed by atoms with Crippen molar-refractivity contribution in [3.05, 3.63) is 178 Å². The molecule has 4 saturated heterocycles. The van der Waals surface area contributed by atoms with Crippen LogP contribution in [0.5, 0.6) is 5.75 Å². The van der Waals surface area contributed by atoms with Crippen molar-refractivity contribution in [3.63, 3.8) is 0 Å². The second-order valence-corrected chi connectivity index (χ2v) is 33.7. The highest BCUT2D eigenvalue weighted by Gasteiger charge is 2.38. The summed E-state index contributed by atoms with van der Waals surface area (Å²) in [5.74, 6) is -0.731. The molecule has 8 heterocycles. The van der Waals surface area contributed by atoms with Crippen molar-refractivity contribution in [1.82, 2.24) is 39.5 Å². The van der Waals surface area contributed by atoms with Crippen molar-refractivity contribution >= 4 is 104 Å². The van der Waals surface area contributed by atoms with E-state index in [4.69, 9.17) is 34.0 Å². The number of aromatic nitrogens is 4. The standard InChI is InChI=1S/C42H48F2N4O4.C18H22BrFN2O2.C18H23FN2O2.C6H7B2O4/c1-41(2,3)51-39(49)47-19-7-9-29(47)23-33-31-17-15-27(43)21-35(31)45-37(33)25-11-13-26(14-12-25)38-34(32-18-16-28(44)22-36(32)46-38)24-30-10-8-20-48(30)40(50)52-42(4,5)6;1-18(2,3)24-17(23)22-8-4-5-12(22)10-14-13-7-6-11(20)9-15(13)21-16(14)19;1-18(2,3)23-17(22)21-8-4-5-14(21)9-12-11-20-16-10-13(19)6-7-15(12)16;9-7-12-6-3-1-5(2-4-6)8(10)11/h11-18,21-22,29-30,45-46H,7-10,19-20,23-24H2,1-6H3;6-7,9,12,21H,4-5,8,10H2,1-3H3;6-7,10-11,14,20H,4-5,8-9H2,1-3H3;1-4,9-11H/t29-,30-;12-;14-;/m000./s1. The molecule has 20 nitrogen and oxygen atoms in total. The number of rotatable bonds is 13. The first-order chi connectivity index (χ1) is 52.4. The van der Waals surface area contributed by atoms with Crippen LogP contribution < -0.4 is 10.1 Å². The van der Waals surface area contributed by atoms with Crippen molar-refractivity contribution in [2.75, 3.05) is 26.2 Å². The largest absolute Gasteiger partial charge is 0.569 e. The summed E-state index contributed by atoms with van der Waals surface area (Å²) in [5.41, 5.74) is 8.98. The molecule has 27 heteroatoms. The second-order valence-electron chi connectivity index (χ2n) is 32.9. The van der Waals surface area contributed by atoms with Crippen LogP contribution in [-0.2, 0) is 44.6 Å². The molecule has 4 aromatic heterocycles. The van der Waals surface area contributed by atoms with Gasteiger partial charge in [0.25, 0.3) is 0 Å². The maximum Gasteiger partial charge on any atom is 0.569 e. The molecule has 4 atom stereocenters. The molecule has 4 aliphatic rings. The van der Waals surface area contributed by atoms with Gasteiger partial charge in [0.2, 0.25) is 0 Å². The fourth-order valence-corrected chi connectivity index (χ4v) is 15.7. The zero-order valence-electron chi connectivity index (χ0n) is 65.1. The van der Waals surface area contributed by atoms with Crippen LogP contribution in [0.25, 0.3) is 66.1 Å². The Labute approximate surface area is 654 Å². The van der Waals surface area contributed by atoms with Gasteiger partial charge in [-0.2, -0.15) is 0 Å². The first-order valence-corrected chi connectivity index (χ1v) is 38.7.